The summed E-state index contributed by atoms with van der Waals surface area (Å²) in [6.07, 6.45) is 4.11. The number of hydrogen-bond donors (Lipinski definition) is 1. The van der Waals surface area contributed by atoms with Gasteiger partial charge in [0.15, 0.2) is 5.82 Å². The molecule has 5 heteroatoms. The van der Waals surface area contributed by atoms with E-state index in [2.05, 4.69) is 27.3 Å². The molecule has 0 aliphatic heterocycles. The fourth-order valence-electron chi connectivity index (χ4n) is 1.96. The highest BCUT2D eigenvalue weighted by Crippen LogP contribution is 2.21. The van der Waals surface area contributed by atoms with Crippen molar-refractivity contribution >= 4 is 17.8 Å². The number of hydrogen-bond acceptors (Lipinski definition) is 3. The van der Waals surface area contributed by atoms with Gasteiger partial charge in [-0.15, -0.1) is 5.10 Å². The molecule has 0 saturated carbocycles. The van der Waals surface area contributed by atoms with Crippen molar-refractivity contribution in [1.82, 2.24) is 15.2 Å². The molecule has 0 saturated heterocycles. The molecule has 110 valence electrons. The topological polar surface area (TPSA) is 41.6 Å². The van der Waals surface area contributed by atoms with E-state index in [1.165, 1.54) is 17.8 Å². The molecular weight excluding hydrogens is 297 g/mol. The molecule has 0 fully saturated rings. The quantitative estimate of drug-likeness (QED) is 0.709. The third kappa shape index (κ3) is 3.62. The Labute approximate surface area is 132 Å². The fraction of sp³-hybridized carbons (Fsp3) is 0.0588. The Morgan fingerprint density at radius 1 is 1.05 bits per heavy atom. The van der Waals surface area contributed by atoms with Crippen LogP contribution in [0.2, 0.25) is 0 Å². The summed E-state index contributed by atoms with van der Waals surface area (Å²) >= 11 is 1.50. The van der Waals surface area contributed by atoms with Crippen molar-refractivity contribution in [3.8, 4) is 11.4 Å². The first-order valence-corrected chi connectivity index (χ1v) is 7.83. The number of aromatic nitrogens is 3. The number of rotatable bonds is 5. The first kappa shape index (κ1) is 14.5. The molecule has 0 radical (unpaired) electrons. The van der Waals surface area contributed by atoms with E-state index < -0.39 is 0 Å². The Morgan fingerprint density at radius 3 is 2.64 bits per heavy atom. The van der Waals surface area contributed by atoms with E-state index in [4.69, 9.17) is 0 Å². The molecular formula is C17H14FN3S. The summed E-state index contributed by atoms with van der Waals surface area (Å²) in [6.45, 7) is 0. The van der Waals surface area contributed by atoms with E-state index in [9.17, 15) is 4.39 Å². The van der Waals surface area contributed by atoms with Gasteiger partial charge in [-0.05, 0) is 17.7 Å². The van der Waals surface area contributed by atoms with Crippen LogP contribution in [-0.4, -0.2) is 20.9 Å². The van der Waals surface area contributed by atoms with Gasteiger partial charge in [0.25, 0.3) is 0 Å². The van der Waals surface area contributed by atoms with Crippen LogP contribution >= 0.6 is 11.8 Å². The monoisotopic (exact) mass is 311 g/mol. The Hall–Kier alpha value is -2.40. The number of nitrogens with one attached hydrogen (secondary N) is 1. The minimum Gasteiger partial charge on any atom is -0.258 e. The van der Waals surface area contributed by atoms with E-state index >= 15 is 0 Å². The molecule has 0 aliphatic rings. The minimum absolute atomic E-state index is 0.306. The van der Waals surface area contributed by atoms with Crippen LogP contribution in [0.1, 0.15) is 5.56 Å². The average molecular weight is 311 g/mol. The summed E-state index contributed by atoms with van der Waals surface area (Å²) in [6, 6.07) is 16.6. The molecule has 3 nitrogen and oxygen atoms in total. The second-order valence-corrected chi connectivity index (χ2v) is 5.56. The molecule has 0 atom stereocenters. The molecule has 0 bridgehead atoms. The molecule has 1 heterocycles. The van der Waals surface area contributed by atoms with E-state index in [0.717, 1.165) is 11.3 Å². The minimum atomic E-state index is -0.306. The van der Waals surface area contributed by atoms with E-state index in [1.807, 2.05) is 30.3 Å². The second-order valence-electron chi connectivity index (χ2n) is 4.57. The van der Waals surface area contributed by atoms with Gasteiger partial charge in [-0.25, -0.2) is 9.37 Å². The summed E-state index contributed by atoms with van der Waals surface area (Å²) in [5.41, 5.74) is 1.59. The third-order valence-corrected chi connectivity index (χ3v) is 3.81. The molecule has 1 aromatic heterocycles. The number of benzene rings is 2. The van der Waals surface area contributed by atoms with Crippen LogP contribution in [0, 0.1) is 5.82 Å². The molecule has 2 aromatic carbocycles. The maximum absolute atomic E-state index is 13.7. The van der Waals surface area contributed by atoms with Gasteiger partial charge in [0.1, 0.15) is 5.82 Å². The van der Waals surface area contributed by atoms with Crippen LogP contribution in [-0.2, 0) is 0 Å². The molecule has 3 aromatic rings. The van der Waals surface area contributed by atoms with Crippen LogP contribution < -0.4 is 0 Å². The lowest BCUT2D eigenvalue weighted by Gasteiger charge is -1.96. The Balaban J connectivity index is 1.61. The van der Waals surface area contributed by atoms with Gasteiger partial charge in [-0.3, -0.25) is 5.10 Å². The molecule has 0 aliphatic carbocycles. The summed E-state index contributed by atoms with van der Waals surface area (Å²) in [5.74, 6) is 0.899. The second kappa shape index (κ2) is 7.04. The zero-order valence-corrected chi connectivity index (χ0v) is 12.6. The van der Waals surface area contributed by atoms with Gasteiger partial charge in [0.05, 0.1) is 5.56 Å². The lowest BCUT2D eigenvalue weighted by molar-refractivity contribution is 0.630. The molecule has 3 rings (SSSR count). The summed E-state index contributed by atoms with van der Waals surface area (Å²) in [7, 11) is 0. The third-order valence-electron chi connectivity index (χ3n) is 3.01. The standard InChI is InChI=1S/C17H14FN3S/c18-15-11-5-4-10-14(15)16-19-17(21-20-16)22-12-6-9-13-7-2-1-3-8-13/h1-11H,12H2,(H,19,20,21)/b9-6+. The van der Waals surface area contributed by atoms with Crippen molar-refractivity contribution < 1.29 is 4.39 Å². The van der Waals surface area contributed by atoms with Crippen LogP contribution in [0.15, 0.2) is 65.8 Å². The van der Waals surface area contributed by atoms with E-state index in [0.29, 0.717) is 16.5 Å². The highest BCUT2D eigenvalue weighted by atomic mass is 32.2. The molecule has 22 heavy (non-hydrogen) atoms. The molecule has 1 N–H and O–H groups in total. The zero-order chi connectivity index (χ0) is 15.2. The smallest absolute Gasteiger partial charge is 0.209 e. The van der Waals surface area contributed by atoms with Crippen molar-refractivity contribution in [3.05, 3.63) is 72.1 Å². The zero-order valence-electron chi connectivity index (χ0n) is 11.7. The lowest BCUT2D eigenvalue weighted by Crippen LogP contribution is -1.85. The van der Waals surface area contributed by atoms with Crippen molar-refractivity contribution in [2.24, 2.45) is 0 Å². The van der Waals surface area contributed by atoms with Gasteiger partial charge in [0.2, 0.25) is 5.16 Å². The summed E-state index contributed by atoms with van der Waals surface area (Å²) < 4.78 is 13.7. The van der Waals surface area contributed by atoms with Gasteiger partial charge in [0, 0.05) is 5.75 Å². The lowest BCUT2D eigenvalue weighted by atomic mass is 10.2. The van der Waals surface area contributed by atoms with Gasteiger partial charge in [-0.2, -0.15) is 0 Å². The van der Waals surface area contributed by atoms with Gasteiger partial charge >= 0.3 is 0 Å². The maximum Gasteiger partial charge on any atom is 0.209 e. The normalized spacial score (nSPS) is 11.1. The number of H-pyrrole nitrogens is 1. The SMILES string of the molecule is Fc1ccccc1-c1nc(SC/C=C/c2ccccc2)n[nH]1. The van der Waals surface area contributed by atoms with Crippen molar-refractivity contribution in [2.45, 2.75) is 5.16 Å². The number of halogens is 1. The highest BCUT2D eigenvalue weighted by Gasteiger charge is 2.09. The first-order valence-electron chi connectivity index (χ1n) is 6.84. The maximum atomic E-state index is 13.7. The van der Waals surface area contributed by atoms with Crippen molar-refractivity contribution in [2.75, 3.05) is 5.75 Å². The molecule has 0 unspecified atom stereocenters. The Morgan fingerprint density at radius 2 is 1.82 bits per heavy atom. The highest BCUT2D eigenvalue weighted by molar-refractivity contribution is 7.99. The number of thioether (sulfide) groups is 1. The Kier molecular flexibility index (Phi) is 4.65. The predicted molar refractivity (Wildman–Crippen MR) is 88.0 cm³/mol. The van der Waals surface area contributed by atoms with Gasteiger partial charge < -0.3 is 0 Å². The van der Waals surface area contributed by atoms with Crippen LogP contribution in [0.3, 0.4) is 0 Å². The van der Waals surface area contributed by atoms with E-state index in [-0.39, 0.29) is 5.82 Å². The Bertz CT molecular complexity index is 768. The van der Waals surface area contributed by atoms with Crippen LogP contribution in [0.4, 0.5) is 4.39 Å². The molecule has 0 spiro atoms. The van der Waals surface area contributed by atoms with Crippen molar-refractivity contribution in [1.29, 1.82) is 0 Å². The van der Waals surface area contributed by atoms with Crippen molar-refractivity contribution in [3.63, 3.8) is 0 Å². The largest absolute Gasteiger partial charge is 0.258 e. The summed E-state index contributed by atoms with van der Waals surface area (Å²) in [5, 5.41) is 7.49. The van der Waals surface area contributed by atoms with E-state index in [1.54, 1.807) is 18.2 Å². The van der Waals surface area contributed by atoms with Crippen LogP contribution in [0.25, 0.3) is 17.5 Å². The predicted octanol–water partition coefficient (Wildman–Crippen LogP) is 4.42. The van der Waals surface area contributed by atoms with Crippen LogP contribution in [0.5, 0.6) is 0 Å². The number of nitrogens with zero attached hydrogens (tertiary/aromatic N) is 2. The first-order chi connectivity index (χ1) is 10.8. The fourth-order valence-corrected chi connectivity index (χ4v) is 2.56. The average Bonchev–Trinajstić information content (AvgIpc) is 3.02. The van der Waals surface area contributed by atoms with Gasteiger partial charge in [-0.1, -0.05) is 66.4 Å². The molecule has 0 amide bonds. The number of aromatic amines is 1. The summed E-state index contributed by atoms with van der Waals surface area (Å²) in [4.78, 5) is 4.31.